The molecule has 0 aliphatic carbocycles. The third kappa shape index (κ3) is 2.68. The summed E-state index contributed by atoms with van der Waals surface area (Å²) in [6, 6.07) is 8.36. The molecule has 20 heavy (non-hydrogen) atoms. The smallest absolute Gasteiger partial charge is 0.127 e. The Labute approximate surface area is 125 Å². The number of hydrogen-bond acceptors (Lipinski definition) is 3. The zero-order chi connectivity index (χ0) is 14.1. The molecule has 0 saturated carbocycles. The van der Waals surface area contributed by atoms with E-state index in [1.165, 1.54) is 6.07 Å². The third-order valence-corrected chi connectivity index (χ3v) is 4.30. The molecule has 0 aliphatic rings. The van der Waals surface area contributed by atoms with E-state index in [9.17, 15) is 4.39 Å². The normalized spacial score (nSPS) is 12.8. The number of nitrogens with two attached hydrogens (primary N) is 1. The van der Waals surface area contributed by atoms with E-state index in [0.717, 1.165) is 15.8 Å². The lowest BCUT2D eigenvalue weighted by Crippen LogP contribution is -2.14. The van der Waals surface area contributed by atoms with Crippen LogP contribution in [0.25, 0.3) is 10.2 Å². The number of thiophene rings is 1. The van der Waals surface area contributed by atoms with Crippen LogP contribution in [0, 0.1) is 5.82 Å². The van der Waals surface area contributed by atoms with E-state index in [1.807, 2.05) is 17.5 Å². The van der Waals surface area contributed by atoms with E-state index in [1.54, 1.807) is 29.7 Å². The average molecular weight is 307 g/mol. The van der Waals surface area contributed by atoms with E-state index in [4.69, 9.17) is 17.3 Å². The molecule has 3 aromatic rings. The van der Waals surface area contributed by atoms with Crippen molar-refractivity contribution < 1.29 is 4.39 Å². The molecular formula is C15H12ClFN2S. The molecule has 0 spiro atoms. The summed E-state index contributed by atoms with van der Waals surface area (Å²) in [5.41, 5.74) is 8.59. The molecule has 2 nitrogen and oxygen atoms in total. The summed E-state index contributed by atoms with van der Waals surface area (Å²) in [5.74, 6) is -0.321. The number of hydrogen-bond donors (Lipinski definition) is 1. The lowest BCUT2D eigenvalue weighted by molar-refractivity contribution is 0.593. The van der Waals surface area contributed by atoms with Crippen LogP contribution in [0.5, 0.6) is 0 Å². The van der Waals surface area contributed by atoms with Gasteiger partial charge in [0.2, 0.25) is 0 Å². The summed E-state index contributed by atoms with van der Waals surface area (Å²) in [6.45, 7) is 0. The van der Waals surface area contributed by atoms with Gasteiger partial charge in [-0.25, -0.2) is 4.39 Å². The zero-order valence-corrected chi connectivity index (χ0v) is 12.1. The Hall–Kier alpha value is -1.49. The van der Waals surface area contributed by atoms with Crippen molar-refractivity contribution in [3.63, 3.8) is 0 Å². The number of nitrogens with zero attached hydrogens (tertiary/aromatic N) is 1. The number of benzene rings is 1. The Balaban J connectivity index is 1.86. The molecular weight excluding hydrogens is 295 g/mol. The topological polar surface area (TPSA) is 38.9 Å². The molecule has 2 heterocycles. The maximum absolute atomic E-state index is 13.8. The van der Waals surface area contributed by atoms with Gasteiger partial charge in [-0.05, 0) is 47.2 Å². The van der Waals surface area contributed by atoms with Crippen molar-refractivity contribution in [3.05, 3.63) is 63.9 Å². The van der Waals surface area contributed by atoms with Gasteiger partial charge in [0.25, 0.3) is 0 Å². The minimum absolute atomic E-state index is 0.287. The van der Waals surface area contributed by atoms with Crippen LogP contribution in [0.1, 0.15) is 17.2 Å². The lowest BCUT2D eigenvalue weighted by atomic mass is 10.0. The quantitative estimate of drug-likeness (QED) is 0.782. The highest BCUT2D eigenvalue weighted by atomic mass is 35.5. The fourth-order valence-corrected chi connectivity index (χ4v) is 3.05. The Morgan fingerprint density at radius 2 is 2.15 bits per heavy atom. The second-order valence-electron chi connectivity index (χ2n) is 4.62. The van der Waals surface area contributed by atoms with Crippen LogP contribution in [-0.4, -0.2) is 4.98 Å². The molecule has 1 unspecified atom stereocenters. The molecule has 2 aromatic heterocycles. The van der Waals surface area contributed by atoms with Crippen molar-refractivity contribution >= 4 is 33.2 Å². The highest BCUT2D eigenvalue weighted by Gasteiger charge is 2.12. The number of fused-ring (bicyclic) bond motifs is 1. The van der Waals surface area contributed by atoms with Crippen molar-refractivity contribution in [1.29, 1.82) is 0 Å². The molecule has 0 amide bonds. The van der Waals surface area contributed by atoms with Crippen LogP contribution < -0.4 is 5.73 Å². The SMILES string of the molecule is NC(Cc1ccc(Cl)cc1F)c1cnc2ccsc2c1. The number of aromatic nitrogens is 1. The van der Waals surface area contributed by atoms with Gasteiger partial charge in [-0.1, -0.05) is 17.7 Å². The first kappa shape index (κ1) is 13.5. The van der Waals surface area contributed by atoms with E-state index in [0.29, 0.717) is 17.0 Å². The average Bonchev–Trinajstić information content (AvgIpc) is 2.89. The van der Waals surface area contributed by atoms with Crippen molar-refractivity contribution in [2.45, 2.75) is 12.5 Å². The minimum atomic E-state index is -0.321. The Morgan fingerprint density at radius 1 is 1.30 bits per heavy atom. The Bertz CT molecular complexity index is 756. The van der Waals surface area contributed by atoms with E-state index >= 15 is 0 Å². The van der Waals surface area contributed by atoms with Gasteiger partial charge in [0, 0.05) is 17.3 Å². The highest BCUT2D eigenvalue weighted by molar-refractivity contribution is 7.17. The maximum Gasteiger partial charge on any atom is 0.127 e. The molecule has 0 saturated heterocycles. The monoisotopic (exact) mass is 306 g/mol. The standard InChI is InChI=1S/C15H12ClFN2S/c16-11-2-1-9(12(17)7-11)5-13(18)10-6-15-14(19-8-10)3-4-20-15/h1-4,6-8,13H,5,18H2. The van der Waals surface area contributed by atoms with Crippen LogP contribution >= 0.6 is 22.9 Å². The summed E-state index contributed by atoms with van der Waals surface area (Å²) >= 11 is 7.36. The molecule has 1 atom stereocenters. The van der Waals surface area contributed by atoms with Gasteiger partial charge in [-0.2, -0.15) is 0 Å². The molecule has 0 aliphatic heterocycles. The molecule has 2 N–H and O–H groups in total. The molecule has 5 heteroatoms. The molecule has 1 aromatic carbocycles. The largest absolute Gasteiger partial charge is 0.324 e. The molecule has 0 fully saturated rings. The highest BCUT2D eigenvalue weighted by Crippen LogP contribution is 2.25. The summed E-state index contributed by atoms with van der Waals surface area (Å²) in [5, 5.41) is 2.38. The van der Waals surface area contributed by atoms with Gasteiger partial charge >= 0.3 is 0 Å². The fraction of sp³-hybridized carbons (Fsp3) is 0.133. The van der Waals surface area contributed by atoms with E-state index in [-0.39, 0.29) is 11.9 Å². The van der Waals surface area contributed by atoms with Gasteiger partial charge < -0.3 is 5.73 Å². The van der Waals surface area contributed by atoms with Crippen LogP contribution in [0.2, 0.25) is 5.02 Å². The molecule has 0 bridgehead atoms. The van der Waals surface area contributed by atoms with Gasteiger partial charge in [-0.3, -0.25) is 4.98 Å². The molecule has 0 radical (unpaired) electrons. The second-order valence-corrected chi connectivity index (χ2v) is 6.00. The Morgan fingerprint density at radius 3 is 2.95 bits per heavy atom. The summed E-state index contributed by atoms with van der Waals surface area (Å²) in [7, 11) is 0. The first-order chi connectivity index (χ1) is 9.63. The van der Waals surface area contributed by atoms with Crippen molar-refractivity contribution in [3.8, 4) is 0 Å². The predicted molar refractivity (Wildman–Crippen MR) is 81.7 cm³/mol. The van der Waals surface area contributed by atoms with Crippen molar-refractivity contribution in [1.82, 2.24) is 4.98 Å². The van der Waals surface area contributed by atoms with E-state index < -0.39 is 0 Å². The van der Waals surface area contributed by atoms with Crippen molar-refractivity contribution in [2.75, 3.05) is 0 Å². The summed E-state index contributed by atoms with van der Waals surface area (Å²) < 4.78 is 14.9. The Kier molecular flexibility index (Phi) is 3.70. The van der Waals surface area contributed by atoms with E-state index in [2.05, 4.69) is 4.98 Å². The zero-order valence-electron chi connectivity index (χ0n) is 10.5. The number of rotatable bonds is 3. The first-order valence-electron chi connectivity index (χ1n) is 6.16. The van der Waals surface area contributed by atoms with Crippen LogP contribution in [0.15, 0.2) is 41.9 Å². The predicted octanol–water partition coefficient (Wildman–Crippen LogP) is 4.33. The summed E-state index contributed by atoms with van der Waals surface area (Å²) in [4.78, 5) is 4.36. The van der Waals surface area contributed by atoms with Crippen LogP contribution in [0.3, 0.4) is 0 Å². The molecule has 3 rings (SSSR count). The second kappa shape index (κ2) is 5.48. The third-order valence-electron chi connectivity index (χ3n) is 3.21. The lowest BCUT2D eigenvalue weighted by Gasteiger charge is -2.12. The first-order valence-corrected chi connectivity index (χ1v) is 7.42. The van der Waals surface area contributed by atoms with Crippen molar-refractivity contribution in [2.24, 2.45) is 5.73 Å². The van der Waals surface area contributed by atoms with Gasteiger partial charge in [-0.15, -0.1) is 11.3 Å². The minimum Gasteiger partial charge on any atom is -0.324 e. The van der Waals surface area contributed by atoms with Crippen LogP contribution in [-0.2, 0) is 6.42 Å². The van der Waals surface area contributed by atoms with Gasteiger partial charge in [0.05, 0.1) is 10.2 Å². The maximum atomic E-state index is 13.8. The van der Waals surface area contributed by atoms with Gasteiger partial charge in [0.15, 0.2) is 0 Å². The van der Waals surface area contributed by atoms with Crippen LogP contribution in [0.4, 0.5) is 4.39 Å². The number of pyridine rings is 1. The molecule has 102 valence electrons. The van der Waals surface area contributed by atoms with Gasteiger partial charge in [0.1, 0.15) is 5.82 Å². The summed E-state index contributed by atoms with van der Waals surface area (Å²) in [6.07, 6.45) is 2.18. The number of halogens is 2. The fourth-order valence-electron chi connectivity index (χ4n) is 2.11.